The molecule has 1 aliphatic carbocycles. The summed E-state index contributed by atoms with van der Waals surface area (Å²) in [7, 11) is -4.35. The number of hydrogen-bond donors (Lipinski definition) is 3. The molecule has 3 aliphatic heterocycles. The summed E-state index contributed by atoms with van der Waals surface area (Å²) in [4.78, 5) is 79.4. The van der Waals surface area contributed by atoms with Crippen LogP contribution in [-0.2, 0) is 26.2 Å². The van der Waals surface area contributed by atoms with E-state index in [2.05, 4.69) is 20.4 Å². The van der Waals surface area contributed by atoms with Crippen LogP contribution in [0.2, 0.25) is 0 Å². The van der Waals surface area contributed by atoms with Gasteiger partial charge in [0, 0.05) is 63.4 Å². The number of carbonyl (C=O) groups excluding carboxylic acids is 5. The van der Waals surface area contributed by atoms with Crippen LogP contribution in [-0.4, -0.2) is 102 Å². The van der Waals surface area contributed by atoms with Crippen molar-refractivity contribution in [3.8, 4) is 0 Å². The van der Waals surface area contributed by atoms with Gasteiger partial charge < -0.3 is 5.32 Å². The minimum absolute atomic E-state index is 0.0693. The Morgan fingerprint density at radius 1 is 0.855 bits per heavy atom. The number of sulfonamides is 1. The van der Waals surface area contributed by atoms with E-state index < -0.39 is 56.2 Å². The molecule has 1 unspecified atom stereocenters. The molecule has 17 heteroatoms. The van der Waals surface area contributed by atoms with E-state index >= 15 is 0 Å². The van der Waals surface area contributed by atoms with Gasteiger partial charge in [-0.3, -0.25) is 54.1 Å². The molecule has 1 saturated carbocycles. The van der Waals surface area contributed by atoms with Crippen molar-refractivity contribution in [1.29, 1.82) is 0 Å². The molecule has 3 N–H and O–H groups in total. The summed E-state index contributed by atoms with van der Waals surface area (Å²) in [5.41, 5.74) is 1.41. The third-order valence-corrected chi connectivity index (χ3v) is 12.3. The molecule has 2 saturated heterocycles. The number of rotatable bonds is 11. The standard InChI is InChI=1S/C38H41N7O9S/c46-34-15-14-32(36(48)40-34)44-37(49)29-12-8-25(20-30(29)38(44)50)23-42-16-18-43(19-17-42)27-9-6-24(7-10-27)22-39-31-13-11-28(21-33(31)45(51)52)55(53,54)41-35(47)26-4-2-1-3-5-26/h1-5,8,11-13,20-21,24,27,32,39H,6-7,9-10,14-19,22-23H2,(H,41,47)(H,40,46,48). The number of nitrogens with zero attached hydrogens (tertiary/aromatic N) is 4. The molecule has 4 aliphatic rings. The molecular weight excluding hydrogens is 731 g/mol. The summed E-state index contributed by atoms with van der Waals surface area (Å²) in [6.07, 6.45) is 4.01. The highest BCUT2D eigenvalue weighted by molar-refractivity contribution is 7.90. The topological polar surface area (TPSA) is 208 Å². The van der Waals surface area contributed by atoms with Crippen molar-refractivity contribution in [2.75, 3.05) is 38.0 Å². The Bertz CT molecular complexity index is 2150. The maximum absolute atomic E-state index is 13.2. The fraction of sp³-hybridized carbons (Fsp3) is 0.395. The molecule has 16 nitrogen and oxygen atoms in total. The number of benzene rings is 3. The van der Waals surface area contributed by atoms with Crippen LogP contribution >= 0.6 is 0 Å². The quantitative estimate of drug-likeness (QED) is 0.146. The van der Waals surface area contributed by atoms with Crippen LogP contribution in [0.4, 0.5) is 11.4 Å². The number of nitrogens with one attached hydrogen (secondary N) is 3. The summed E-state index contributed by atoms with van der Waals surface area (Å²) in [5, 5.41) is 17.3. The number of carbonyl (C=O) groups is 5. The number of imide groups is 2. The van der Waals surface area contributed by atoms with Gasteiger partial charge in [0.05, 0.1) is 20.9 Å². The van der Waals surface area contributed by atoms with Gasteiger partial charge in [0.1, 0.15) is 11.7 Å². The van der Waals surface area contributed by atoms with E-state index in [1.165, 1.54) is 24.3 Å². The van der Waals surface area contributed by atoms with E-state index in [0.29, 0.717) is 19.1 Å². The molecule has 0 spiro atoms. The third-order valence-electron chi connectivity index (χ3n) is 11.0. The van der Waals surface area contributed by atoms with Crippen LogP contribution in [0.25, 0.3) is 0 Å². The second-order valence-electron chi connectivity index (χ2n) is 14.4. The molecule has 3 fully saturated rings. The predicted octanol–water partition coefficient (Wildman–Crippen LogP) is 2.90. The zero-order valence-corrected chi connectivity index (χ0v) is 30.8. The summed E-state index contributed by atoms with van der Waals surface area (Å²) < 4.78 is 27.7. The monoisotopic (exact) mass is 771 g/mol. The average Bonchev–Trinajstić information content (AvgIpc) is 3.42. The Kier molecular flexibility index (Phi) is 10.8. The van der Waals surface area contributed by atoms with Crippen LogP contribution < -0.4 is 15.4 Å². The molecule has 55 heavy (non-hydrogen) atoms. The fourth-order valence-corrected chi connectivity index (χ4v) is 8.93. The molecule has 7 rings (SSSR count). The van der Waals surface area contributed by atoms with Crippen LogP contribution in [0, 0.1) is 16.0 Å². The van der Waals surface area contributed by atoms with Crippen molar-refractivity contribution in [2.45, 2.75) is 62.0 Å². The molecule has 0 radical (unpaired) electrons. The van der Waals surface area contributed by atoms with Gasteiger partial charge in [0.15, 0.2) is 0 Å². The average molecular weight is 772 g/mol. The van der Waals surface area contributed by atoms with Gasteiger partial charge >= 0.3 is 0 Å². The largest absolute Gasteiger partial charge is 0.379 e. The Morgan fingerprint density at radius 3 is 2.25 bits per heavy atom. The van der Waals surface area contributed by atoms with Crippen LogP contribution in [0.5, 0.6) is 0 Å². The molecule has 3 aromatic carbocycles. The SMILES string of the molecule is O=C1CCC(N2C(=O)c3ccc(CN4CCN(C5CCC(CNc6ccc(S(=O)(=O)NC(=O)c7ccccc7)cc6[N+](=O)[O-])CC5)CC4)cc3C2=O)C(=O)N1. The maximum Gasteiger partial charge on any atom is 0.293 e. The normalized spacial score (nSPS) is 22.3. The van der Waals surface area contributed by atoms with Gasteiger partial charge in [-0.2, -0.15) is 0 Å². The first-order chi connectivity index (χ1) is 26.4. The molecule has 0 aromatic heterocycles. The van der Waals surface area contributed by atoms with Crippen LogP contribution in [0.3, 0.4) is 0 Å². The lowest BCUT2D eigenvalue weighted by molar-refractivity contribution is -0.384. The lowest BCUT2D eigenvalue weighted by Gasteiger charge is -2.42. The Morgan fingerprint density at radius 2 is 1.56 bits per heavy atom. The zero-order chi connectivity index (χ0) is 38.9. The second-order valence-corrected chi connectivity index (χ2v) is 16.1. The number of hydrogen-bond acceptors (Lipinski definition) is 12. The summed E-state index contributed by atoms with van der Waals surface area (Å²) in [5.74, 6) is -2.63. The van der Waals surface area contributed by atoms with Gasteiger partial charge in [-0.25, -0.2) is 13.1 Å². The van der Waals surface area contributed by atoms with E-state index in [9.17, 15) is 42.5 Å². The van der Waals surface area contributed by atoms with Gasteiger partial charge in [-0.1, -0.05) is 24.3 Å². The first kappa shape index (κ1) is 37.8. The highest BCUT2D eigenvalue weighted by atomic mass is 32.2. The molecule has 5 amide bonds. The lowest BCUT2D eigenvalue weighted by Crippen LogP contribution is -2.54. The Balaban J connectivity index is 0.872. The van der Waals surface area contributed by atoms with Gasteiger partial charge in [-0.15, -0.1) is 0 Å². The van der Waals surface area contributed by atoms with E-state index in [4.69, 9.17) is 0 Å². The summed E-state index contributed by atoms with van der Waals surface area (Å²) in [6, 6.07) is 16.0. The minimum atomic E-state index is -4.35. The smallest absolute Gasteiger partial charge is 0.293 e. The van der Waals surface area contributed by atoms with Crippen LogP contribution in [0.15, 0.2) is 71.6 Å². The zero-order valence-electron chi connectivity index (χ0n) is 29.9. The number of amides is 5. The van der Waals surface area contributed by atoms with E-state index in [1.54, 1.807) is 30.3 Å². The van der Waals surface area contributed by atoms with Crippen molar-refractivity contribution < 1.29 is 37.3 Å². The minimum Gasteiger partial charge on any atom is -0.379 e. The summed E-state index contributed by atoms with van der Waals surface area (Å²) in [6.45, 7) is 4.54. The van der Waals surface area contributed by atoms with E-state index in [1.807, 2.05) is 10.8 Å². The summed E-state index contributed by atoms with van der Waals surface area (Å²) >= 11 is 0. The molecule has 288 valence electrons. The number of piperazine rings is 1. The van der Waals surface area contributed by atoms with E-state index in [-0.39, 0.29) is 46.0 Å². The Hall–Kier alpha value is -5.52. The third kappa shape index (κ3) is 8.13. The van der Waals surface area contributed by atoms with Crippen molar-refractivity contribution in [3.05, 3.63) is 99.1 Å². The van der Waals surface area contributed by atoms with Crippen molar-refractivity contribution in [2.24, 2.45) is 5.92 Å². The predicted molar refractivity (Wildman–Crippen MR) is 198 cm³/mol. The number of fused-ring (bicyclic) bond motifs is 1. The Labute approximate surface area is 317 Å². The second kappa shape index (κ2) is 15.7. The number of anilines is 1. The van der Waals surface area contributed by atoms with E-state index in [0.717, 1.165) is 68.4 Å². The molecular formula is C38H41N7O9S. The molecule has 1 atom stereocenters. The van der Waals surface area contributed by atoms with Gasteiger partial charge in [0.25, 0.3) is 33.4 Å². The molecule has 0 bridgehead atoms. The number of nitro groups is 1. The number of nitro benzene ring substituents is 1. The van der Waals surface area contributed by atoms with Crippen molar-refractivity contribution >= 4 is 50.9 Å². The highest BCUT2D eigenvalue weighted by Crippen LogP contribution is 2.33. The lowest BCUT2D eigenvalue weighted by atomic mass is 9.85. The number of piperidine rings is 1. The molecule has 3 heterocycles. The molecule has 3 aromatic rings. The maximum atomic E-state index is 13.2. The first-order valence-corrected chi connectivity index (χ1v) is 19.8. The van der Waals surface area contributed by atoms with Gasteiger partial charge in [-0.05, 0) is 80.0 Å². The van der Waals surface area contributed by atoms with Gasteiger partial charge in [0.2, 0.25) is 11.8 Å². The van der Waals surface area contributed by atoms with Crippen molar-refractivity contribution in [3.63, 3.8) is 0 Å². The first-order valence-electron chi connectivity index (χ1n) is 18.3. The fourth-order valence-electron chi connectivity index (χ4n) is 7.94. The van der Waals surface area contributed by atoms with Crippen molar-refractivity contribution in [1.82, 2.24) is 24.7 Å². The highest BCUT2D eigenvalue weighted by Gasteiger charge is 2.44. The van der Waals surface area contributed by atoms with Crippen LogP contribution in [0.1, 0.15) is 75.2 Å².